The highest BCUT2D eigenvalue weighted by molar-refractivity contribution is 5.88. The Labute approximate surface area is 105 Å². The van der Waals surface area contributed by atoms with Gasteiger partial charge < -0.3 is 9.47 Å². The van der Waals surface area contributed by atoms with E-state index in [2.05, 4.69) is 5.10 Å². The Hall–Kier alpha value is -2.30. The summed E-state index contributed by atoms with van der Waals surface area (Å²) in [6, 6.07) is 7.45. The first-order valence-electron chi connectivity index (χ1n) is 5.61. The van der Waals surface area contributed by atoms with E-state index >= 15 is 0 Å². The number of rotatable bonds is 4. The van der Waals surface area contributed by atoms with Gasteiger partial charge in [0.15, 0.2) is 0 Å². The molecule has 0 bridgehead atoms. The molecule has 94 valence electrons. The van der Waals surface area contributed by atoms with Crippen molar-refractivity contribution in [3.63, 3.8) is 0 Å². The van der Waals surface area contributed by atoms with E-state index in [9.17, 15) is 4.79 Å². The number of carbonyl (C=O) groups excluding carboxylic acids is 1. The molecule has 0 unspecified atom stereocenters. The Balaban J connectivity index is 2.32. The molecular formula is C13H14N2O3. The van der Waals surface area contributed by atoms with Crippen molar-refractivity contribution in [2.24, 2.45) is 0 Å². The lowest BCUT2D eigenvalue weighted by molar-refractivity contribution is 0.0526. The SMILES string of the molecule is CCOC(=O)c1cnn(-c2ccccc2OC)c1. The van der Waals surface area contributed by atoms with E-state index in [0.717, 1.165) is 5.69 Å². The van der Waals surface area contributed by atoms with Gasteiger partial charge in [-0.1, -0.05) is 12.1 Å². The number of hydrogen-bond donors (Lipinski definition) is 0. The van der Waals surface area contributed by atoms with Crippen LogP contribution < -0.4 is 4.74 Å². The molecule has 2 aromatic rings. The lowest BCUT2D eigenvalue weighted by Gasteiger charge is -2.07. The molecule has 0 aliphatic heterocycles. The molecule has 0 radical (unpaired) electrons. The van der Waals surface area contributed by atoms with Crippen molar-refractivity contribution in [2.45, 2.75) is 6.92 Å². The van der Waals surface area contributed by atoms with Crippen LogP contribution in [-0.4, -0.2) is 29.5 Å². The van der Waals surface area contributed by atoms with Crippen LogP contribution in [0.1, 0.15) is 17.3 Å². The fraction of sp³-hybridized carbons (Fsp3) is 0.231. The summed E-state index contributed by atoms with van der Waals surface area (Å²) in [7, 11) is 1.59. The molecule has 2 rings (SSSR count). The highest BCUT2D eigenvalue weighted by Crippen LogP contribution is 2.21. The molecule has 1 aromatic heterocycles. The van der Waals surface area contributed by atoms with Gasteiger partial charge in [0.2, 0.25) is 0 Å². The van der Waals surface area contributed by atoms with Gasteiger partial charge in [-0.15, -0.1) is 0 Å². The topological polar surface area (TPSA) is 53.3 Å². The van der Waals surface area contributed by atoms with Gasteiger partial charge in [-0.25, -0.2) is 9.48 Å². The molecule has 5 heteroatoms. The standard InChI is InChI=1S/C13H14N2O3/c1-3-18-13(16)10-8-14-15(9-10)11-6-4-5-7-12(11)17-2/h4-9H,3H2,1-2H3. The smallest absolute Gasteiger partial charge is 0.341 e. The van der Waals surface area contributed by atoms with Crippen LogP contribution in [0.4, 0.5) is 0 Å². The van der Waals surface area contributed by atoms with Crippen molar-refractivity contribution in [1.29, 1.82) is 0 Å². The Kier molecular flexibility index (Phi) is 3.62. The largest absolute Gasteiger partial charge is 0.494 e. The number of methoxy groups -OCH3 is 1. The number of ether oxygens (including phenoxy) is 2. The van der Waals surface area contributed by atoms with Crippen LogP contribution in [0, 0.1) is 0 Å². The molecule has 1 aromatic carbocycles. The maximum atomic E-state index is 11.5. The van der Waals surface area contributed by atoms with E-state index < -0.39 is 0 Å². The second-order valence-corrected chi connectivity index (χ2v) is 3.57. The number of hydrogen-bond acceptors (Lipinski definition) is 4. The van der Waals surface area contributed by atoms with Crippen LogP contribution >= 0.6 is 0 Å². The van der Waals surface area contributed by atoms with Crippen LogP contribution in [0.2, 0.25) is 0 Å². The van der Waals surface area contributed by atoms with Gasteiger partial charge in [-0.05, 0) is 19.1 Å². The highest BCUT2D eigenvalue weighted by atomic mass is 16.5. The van der Waals surface area contributed by atoms with E-state index in [1.54, 1.807) is 24.9 Å². The fourth-order valence-corrected chi connectivity index (χ4v) is 1.59. The normalized spacial score (nSPS) is 10.1. The van der Waals surface area contributed by atoms with Gasteiger partial charge in [0.25, 0.3) is 0 Å². The summed E-state index contributed by atoms with van der Waals surface area (Å²) in [5, 5.41) is 4.13. The highest BCUT2D eigenvalue weighted by Gasteiger charge is 2.11. The summed E-state index contributed by atoms with van der Waals surface area (Å²) >= 11 is 0. The number of para-hydroxylation sites is 2. The van der Waals surface area contributed by atoms with Gasteiger partial charge in [0, 0.05) is 6.20 Å². The molecule has 0 spiro atoms. The van der Waals surface area contributed by atoms with E-state index in [-0.39, 0.29) is 5.97 Å². The molecule has 0 N–H and O–H groups in total. The molecule has 0 saturated carbocycles. The molecule has 5 nitrogen and oxygen atoms in total. The Morgan fingerprint density at radius 2 is 2.17 bits per heavy atom. The molecular weight excluding hydrogens is 232 g/mol. The first kappa shape index (κ1) is 12.2. The minimum Gasteiger partial charge on any atom is -0.494 e. The van der Waals surface area contributed by atoms with Crippen molar-refractivity contribution in [3.8, 4) is 11.4 Å². The average Bonchev–Trinajstić information content (AvgIpc) is 2.88. The Bertz CT molecular complexity index is 549. The summed E-state index contributed by atoms with van der Waals surface area (Å²) < 4.78 is 11.7. The van der Waals surface area contributed by atoms with E-state index in [4.69, 9.17) is 9.47 Å². The number of nitrogens with zero attached hydrogens (tertiary/aromatic N) is 2. The monoisotopic (exact) mass is 246 g/mol. The fourth-order valence-electron chi connectivity index (χ4n) is 1.59. The molecule has 0 aliphatic rings. The quantitative estimate of drug-likeness (QED) is 0.775. The number of aromatic nitrogens is 2. The van der Waals surface area contributed by atoms with Gasteiger partial charge in [-0.2, -0.15) is 5.10 Å². The first-order valence-corrected chi connectivity index (χ1v) is 5.61. The van der Waals surface area contributed by atoms with Crippen molar-refractivity contribution < 1.29 is 14.3 Å². The average molecular weight is 246 g/mol. The van der Waals surface area contributed by atoms with Gasteiger partial charge in [-0.3, -0.25) is 0 Å². The number of esters is 1. The summed E-state index contributed by atoms with van der Waals surface area (Å²) in [5.41, 5.74) is 1.19. The van der Waals surface area contributed by atoms with Gasteiger partial charge >= 0.3 is 5.97 Å². The zero-order valence-corrected chi connectivity index (χ0v) is 10.3. The van der Waals surface area contributed by atoms with Crippen molar-refractivity contribution in [3.05, 3.63) is 42.2 Å². The number of carbonyl (C=O) groups is 1. The Morgan fingerprint density at radius 1 is 1.39 bits per heavy atom. The summed E-state index contributed by atoms with van der Waals surface area (Å²) in [4.78, 5) is 11.5. The van der Waals surface area contributed by atoms with Crippen LogP contribution in [-0.2, 0) is 4.74 Å². The molecule has 18 heavy (non-hydrogen) atoms. The molecule has 0 atom stereocenters. The maximum Gasteiger partial charge on any atom is 0.341 e. The van der Waals surface area contributed by atoms with Crippen LogP contribution in [0.3, 0.4) is 0 Å². The third-order valence-corrected chi connectivity index (χ3v) is 2.43. The Morgan fingerprint density at radius 3 is 2.89 bits per heavy atom. The van der Waals surface area contributed by atoms with Crippen LogP contribution in [0.5, 0.6) is 5.75 Å². The lowest BCUT2D eigenvalue weighted by atomic mass is 10.3. The molecule has 0 fully saturated rings. The summed E-state index contributed by atoms with van der Waals surface area (Å²) in [6.45, 7) is 2.11. The van der Waals surface area contributed by atoms with Gasteiger partial charge in [0.05, 0.1) is 25.5 Å². The second-order valence-electron chi connectivity index (χ2n) is 3.57. The predicted octanol–water partition coefficient (Wildman–Crippen LogP) is 2.06. The van der Waals surface area contributed by atoms with Crippen LogP contribution in [0.25, 0.3) is 5.69 Å². The molecule has 0 saturated heterocycles. The lowest BCUT2D eigenvalue weighted by Crippen LogP contribution is -2.03. The van der Waals surface area contributed by atoms with Crippen molar-refractivity contribution >= 4 is 5.97 Å². The van der Waals surface area contributed by atoms with E-state index in [1.165, 1.54) is 6.20 Å². The minimum absolute atomic E-state index is 0.346. The van der Waals surface area contributed by atoms with Crippen molar-refractivity contribution in [1.82, 2.24) is 9.78 Å². The molecule has 1 heterocycles. The third kappa shape index (κ3) is 2.34. The molecule has 0 amide bonds. The third-order valence-electron chi connectivity index (χ3n) is 2.43. The first-order chi connectivity index (χ1) is 8.76. The summed E-state index contributed by atoms with van der Waals surface area (Å²) in [6.07, 6.45) is 3.10. The molecule has 0 aliphatic carbocycles. The number of benzene rings is 1. The van der Waals surface area contributed by atoms with Crippen LogP contribution in [0.15, 0.2) is 36.7 Å². The second kappa shape index (κ2) is 5.35. The van der Waals surface area contributed by atoms with E-state index in [1.807, 2.05) is 24.3 Å². The minimum atomic E-state index is -0.376. The maximum absolute atomic E-state index is 11.5. The summed E-state index contributed by atoms with van der Waals surface area (Å²) in [5.74, 6) is 0.314. The zero-order valence-electron chi connectivity index (χ0n) is 10.3. The van der Waals surface area contributed by atoms with Gasteiger partial charge in [0.1, 0.15) is 11.4 Å². The van der Waals surface area contributed by atoms with E-state index in [0.29, 0.717) is 17.9 Å². The van der Waals surface area contributed by atoms with Crippen molar-refractivity contribution in [2.75, 3.05) is 13.7 Å². The zero-order chi connectivity index (χ0) is 13.0. The predicted molar refractivity (Wildman–Crippen MR) is 66.1 cm³/mol.